The first-order valence-electron chi connectivity index (χ1n) is 4.55. The number of alkyl halides is 1. The zero-order chi connectivity index (χ0) is 10.8. The van der Waals surface area contributed by atoms with Gasteiger partial charge in [-0.1, -0.05) is 11.6 Å². The fourth-order valence-corrected chi connectivity index (χ4v) is 1.34. The minimum Gasteiger partial charge on any atom is -0.496 e. The fourth-order valence-electron chi connectivity index (χ4n) is 1.34. The van der Waals surface area contributed by atoms with Gasteiger partial charge < -0.3 is 10.5 Å². The van der Waals surface area contributed by atoms with E-state index in [-0.39, 0.29) is 6.54 Å². The van der Waals surface area contributed by atoms with Gasteiger partial charge in [-0.05, 0) is 26.0 Å². The number of benzene rings is 1. The summed E-state index contributed by atoms with van der Waals surface area (Å²) in [4.78, 5) is 0. The minimum atomic E-state index is -1.53. The summed E-state index contributed by atoms with van der Waals surface area (Å²) in [7, 11) is 1.53. The second kappa shape index (κ2) is 3.96. The summed E-state index contributed by atoms with van der Waals surface area (Å²) in [5, 5.41) is 0. The molecule has 14 heavy (non-hydrogen) atoms. The highest BCUT2D eigenvalue weighted by Gasteiger charge is 2.27. The van der Waals surface area contributed by atoms with Crippen molar-refractivity contribution >= 4 is 0 Å². The van der Waals surface area contributed by atoms with E-state index in [9.17, 15) is 4.39 Å². The van der Waals surface area contributed by atoms with Crippen molar-refractivity contribution in [3.05, 3.63) is 29.3 Å². The summed E-state index contributed by atoms with van der Waals surface area (Å²) in [5.41, 5.74) is 5.37. The number of hydrogen-bond donors (Lipinski definition) is 1. The molecule has 1 atom stereocenters. The third-order valence-electron chi connectivity index (χ3n) is 2.30. The number of methoxy groups -OCH3 is 1. The summed E-state index contributed by atoms with van der Waals surface area (Å²) < 4.78 is 19.1. The molecule has 0 heterocycles. The lowest BCUT2D eigenvalue weighted by Crippen LogP contribution is -2.27. The molecule has 0 aromatic heterocycles. The van der Waals surface area contributed by atoms with E-state index >= 15 is 0 Å². The van der Waals surface area contributed by atoms with Gasteiger partial charge in [-0.15, -0.1) is 0 Å². The van der Waals surface area contributed by atoms with E-state index in [1.165, 1.54) is 14.0 Å². The van der Waals surface area contributed by atoms with Gasteiger partial charge in [0.1, 0.15) is 11.4 Å². The first-order valence-corrected chi connectivity index (χ1v) is 4.55. The SMILES string of the molecule is COc1ccc(C)cc1C(C)(F)CN. The van der Waals surface area contributed by atoms with Crippen molar-refractivity contribution in [1.82, 2.24) is 0 Å². The summed E-state index contributed by atoms with van der Waals surface area (Å²) in [5.74, 6) is 0.547. The second-order valence-corrected chi connectivity index (χ2v) is 3.61. The van der Waals surface area contributed by atoms with Crippen molar-refractivity contribution in [2.24, 2.45) is 5.73 Å². The molecule has 2 N–H and O–H groups in total. The molecule has 0 saturated carbocycles. The Hall–Kier alpha value is -1.09. The van der Waals surface area contributed by atoms with Crippen LogP contribution in [0.3, 0.4) is 0 Å². The second-order valence-electron chi connectivity index (χ2n) is 3.61. The van der Waals surface area contributed by atoms with Crippen LogP contribution in [0.4, 0.5) is 4.39 Å². The fraction of sp³-hybridized carbons (Fsp3) is 0.455. The van der Waals surface area contributed by atoms with Gasteiger partial charge in [0.25, 0.3) is 0 Å². The predicted molar refractivity (Wildman–Crippen MR) is 55.2 cm³/mol. The van der Waals surface area contributed by atoms with Crippen molar-refractivity contribution in [1.29, 1.82) is 0 Å². The maximum atomic E-state index is 14.0. The van der Waals surface area contributed by atoms with Gasteiger partial charge in [0.2, 0.25) is 0 Å². The first kappa shape index (κ1) is 11.0. The van der Waals surface area contributed by atoms with Crippen molar-refractivity contribution in [3.63, 3.8) is 0 Å². The Balaban J connectivity index is 3.23. The lowest BCUT2D eigenvalue weighted by Gasteiger charge is -2.21. The molecule has 0 amide bonds. The standard InChI is InChI=1S/C11H16FNO/c1-8-4-5-10(14-3)9(6-8)11(2,12)7-13/h4-6H,7,13H2,1-3H3. The molecule has 1 unspecified atom stereocenters. The Morgan fingerprint density at radius 2 is 2.14 bits per heavy atom. The monoisotopic (exact) mass is 197 g/mol. The molecule has 1 aromatic rings. The molecule has 1 rings (SSSR count). The molecular formula is C11H16FNO. The third-order valence-corrected chi connectivity index (χ3v) is 2.30. The van der Waals surface area contributed by atoms with Crippen molar-refractivity contribution in [2.45, 2.75) is 19.5 Å². The maximum absolute atomic E-state index is 14.0. The smallest absolute Gasteiger partial charge is 0.148 e. The molecule has 78 valence electrons. The molecule has 0 aliphatic rings. The van der Waals surface area contributed by atoms with Crippen molar-refractivity contribution < 1.29 is 9.13 Å². The molecular weight excluding hydrogens is 181 g/mol. The normalized spacial score (nSPS) is 14.9. The lowest BCUT2D eigenvalue weighted by atomic mass is 9.95. The summed E-state index contributed by atoms with van der Waals surface area (Å²) in [6.45, 7) is 3.33. The molecule has 0 aliphatic heterocycles. The van der Waals surface area contributed by atoms with Gasteiger partial charge in [-0.2, -0.15) is 0 Å². The first-order chi connectivity index (χ1) is 6.51. The highest BCUT2D eigenvalue weighted by Crippen LogP contribution is 2.32. The van der Waals surface area contributed by atoms with Crippen LogP contribution in [-0.4, -0.2) is 13.7 Å². The number of aryl methyl sites for hydroxylation is 1. The van der Waals surface area contributed by atoms with Crippen LogP contribution in [-0.2, 0) is 5.67 Å². The highest BCUT2D eigenvalue weighted by atomic mass is 19.1. The van der Waals surface area contributed by atoms with Crippen LogP contribution in [0.1, 0.15) is 18.1 Å². The molecule has 0 fully saturated rings. The van der Waals surface area contributed by atoms with Crippen LogP contribution in [0.15, 0.2) is 18.2 Å². The van der Waals surface area contributed by atoms with Crippen LogP contribution < -0.4 is 10.5 Å². The summed E-state index contributed by atoms with van der Waals surface area (Å²) >= 11 is 0. The van der Waals surface area contributed by atoms with Crippen LogP contribution >= 0.6 is 0 Å². The quantitative estimate of drug-likeness (QED) is 0.805. The largest absolute Gasteiger partial charge is 0.496 e. The Kier molecular flexibility index (Phi) is 3.11. The maximum Gasteiger partial charge on any atom is 0.148 e. The Bertz CT molecular complexity index is 323. The van der Waals surface area contributed by atoms with Crippen molar-refractivity contribution in [3.8, 4) is 5.75 Å². The van der Waals surface area contributed by atoms with Gasteiger partial charge in [0, 0.05) is 12.1 Å². The number of ether oxygens (including phenoxy) is 1. The molecule has 0 radical (unpaired) electrons. The van der Waals surface area contributed by atoms with E-state index in [1.54, 1.807) is 12.1 Å². The number of halogens is 1. The third kappa shape index (κ3) is 2.04. The highest BCUT2D eigenvalue weighted by molar-refractivity contribution is 5.40. The summed E-state index contributed by atoms with van der Waals surface area (Å²) in [6, 6.07) is 5.42. The summed E-state index contributed by atoms with van der Waals surface area (Å²) in [6.07, 6.45) is 0. The van der Waals surface area contributed by atoms with E-state index in [1.807, 2.05) is 13.0 Å². The lowest BCUT2D eigenvalue weighted by molar-refractivity contribution is 0.196. The van der Waals surface area contributed by atoms with Gasteiger partial charge in [-0.3, -0.25) is 0 Å². The Morgan fingerprint density at radius 3 is 2.64 bits per heavy atom. The average molecular weight is 197 g/mol. The van der Waals surface area contributed by atoms with Crippen LogP contribution in [0.5, 0.6) is 5.75 Å². The van der Waals surface area contributed by atoms with Crippen LogP contribution in [0.2, 0.25) is 0 Å². The molecule has 3 heteroatoms. The molecule has 0 bridgehead atoms. The van der Waals surface area contributed by atoms with Gasteiger partial charge in [0.05, 0.1) is 7.11 Å². The van der Waals surface area contributed by atoms with Crippen LogP contribution in [0.25, 0.3) is 0 Å². The van der Waals surface area contributed by atoms with E-state index in [0.717, 1.165) is 5.56 Å². The van der Waals surface area contributed by atoms with E-state index in [4.69, 9.17) is 10.5 Å². The molecule has 1 aromatic carbocycles. The van der Waals surface area contributed by atoms with Gasteiger partial charge >= 0.3 is 0 Å². The molecule has 0 spiro atoms. The molecule has 2 nitrogen and oxygen atoms in total. The zero-order valence-corrected chi connectivity index (χ0v) is 8.80. The average Bonchev–Trinajstić information content (AvgIpc) is 2.18. The predicted octanol–water partition coefficient (Wildman–Crippen LogP) is 2.15. The number of rotatable bonds is 3. The van der Waals surface area contributed by atoms with Crippen molar-refractivity contribution in [2.75, 3.05) is 13.7 Å². The molecule has 0 saturated heterocycles. The Labute approximate surface area is 83.9 Å². The van der Waals surface area contributed by atoms with E-state index < -0.39 is 5.67 Å². The van der Waals surface area contributed by atoms with E-state index in [2.05, 4.69) is 0 Å². The van der Waals surface area contributed by atoms with Crippen LogP contribution in [0, 0.1) is 6.92 Å². The van der Waals surface area contributed by atoms with Gasteiger partial charge in [-0.25, -0.2) is 4.39 Å². The zero-order valence-electron chi connectivity index (χ0n) is 8.80. The number of hydrogen-bond acceptors (Lipinski definition) is 2. The van der Waals surface area contributed by atoms with Gasteiger partial charge in [0.15, 0.2) is 0 Å². The van der Waals surface area contributed by atoms with E-state index in [0.29, 0.717) is 11.3 Å². The molecule has 0 aliphatic carbocycles. The number of nitrogens with two attached hydrogens (primary N) is 1. The Morgan fingerprint density at radius 1 is 1.50 bits per heavy atom. The minimum absolute atomic E-state index is 0.0488. The topological polar surface area (TPSA) is 35.2 Å².